The van der Waals surface area contributed by atoms with E-state index in [9.17, 15) is 15.0 Å². The van der Waals surface area contributed by atoms with Crippen molar-refractivity contribution in [2.75, 3.05) is 24.1 Å². The van der Waals surface area contributed by atoms with Crippen LogP contribution in [0.15, 0.2) is 47.4 Å². The minimum Gasteiger partial charge on any atom is -0.506 e. The average Bonchev–Trinajstić information content (AvgIpc) is 2.91. The third-order valence-corrected chi connectivity index (χ3v) is 6.53. The number of nitrogen functional groups attached to an aromatic ring is 1. The molecule has 0 radical (unpaired) electrons. The maximum absolute atomic E-state index is 12.8. The molecule has 0 bridgehead atoms. The number of hydrogen-bond donors (Lipinski definition) is 4. The summed E-state index contributed by atoms with van der Waals surface area (Å²) in [5.74, 6) is -0.362. The highest BCUT2D eigenvalue weighted by atomic mass is 16.3. The molecule has 3 heterocycles. The van der Waals surface area contributed by atoms with Gasteiger partial charge in [0, 0.05) is 25.0 Å². The van der Waals surface area contributed by atoms with E-state index in [0.717, 1.165) is 36.3 Å². The lowest BCUT2D eigenvalue weighted by molar-refractivity contribution is 0.249. The Balaban J connectivity index is 0.00000164. The number of aromatic hydroxyl groups is 2. The van der Waals surface area contributed by atoms with Crippen LogP contribution in [0, 0.1) is 0 Å². The molecule has 2 aromatic carbocycles. The minimum atomic E-state index is -0.779. The van der Waals surface area contributed by atoms with Crippen LogP contribution < -0.4 is 16.7 Å². The standard InChI is InChI=1S/C26H29N7O3.C2H6/c1-2-3-4-11-32-12-10-16-8-9-18(13-17(16)15-32)29-25-28-14-19-23(27)33(26(36)31-24(19)30-25)22-20(34)6-5-7-21(22)35;1-2/h5-9,13-14,34-35H,2-4,10-12,15,27H2,1H3,(H,29,30,31,36);1-2H3. The molecule has 38 heavy (non-hydrogen) atoms. The molecule has 2 aromatic heterocycles. The van der Waals surface area contributed by atoms with Gasteiger partial charge in [-0.1, -0.05) is 45.7 Å². The maximum Gasteiger partial charge on any atom is 0.356 e. The van der Waals surface area contributed by atoms with Gasteiger partial charge < -0.3 is 21.3 Å². The molecule has 1 aliphatic rings. The summed E-state index contributed by atoms with van der Waals surface area (Å²) in [6, 6.07) is 10.4. The van der Waals surface area contributed by atoms with Gasteiger partial charge in [-0.05, 0) is 54.8 Å². The van der Waals surface area contributed by atoms with Crippen LogP contribution in [0.5, 0.6) is 11.5 Å². The molecule has 1 aliphatic heterocycles. The van der Waals surface area contributed by atoms with Crippen molar-refractivity contribution in [3.8, 4) is 17.2 Å². The number of nitrogens with one attached hydrogen (secondary N) is 1. The average molecular weight is 518 g/mol. The van der Waals surface area contributed by atoms with E-state index in [1.807, 2.05) is 19.9 Å². The first kappa shape index (κ1) is 26.9. The number of para-hydroxylation sites is 1. The molecule has 0 spiro atoms. The van der Waals surface area contributed by atoms with Gasteiger partial charge in [-0.15, -0.1) is 0 Å². The Morgan fingerprint density at radius 3 is 2.55 bits per heavy atom. The second kappa shape index (κ2) is 11.9. The van der Waals surface area contributed by atoms with Gasteiger partial charge in [0.05, 0.1) is 5.39 Å². The number of hydrogen-bond acceptors (Lipinski definition) is 9. The summed E-state index contributed by atoms with van der Waals surface area (Å²) >= 11 is 0. The topological polar surface area (TPSA) is 142 Å². The summed E-state index contributed by atoms with van der Waals surface area (Å²) in [4.78, 5) is 28.0. The molecule has 200 valence electrons. The molecule has 0 atom stereocenters. The van der Waals surface area contributed by atoms with Crippen molar-refractivity contribution in [3.63, 3.8) is 0 Å². The summed E-state index contributed by atoms with van der Waals surface area (Å²) in [5, 5.41) is 23.9. The van der Waals surface area contributed by atoms with E-state index < -0.39 is 5.69 Å². The van der Waals surface area contributed by atoms with Crippen LogP contribution in [0.3, 0.4) is 0 Å². The lowest BCUT2D eigenvalue weighted by atomic mass is 9.99. The Bertz CT molecular complexity index is 1470. The second-order valence-corrected chi connectivity index (χ2v) is 9.03. The van der Waals surface area contributed by atoms with Crippen LogP contribution in [0.25, 0.3) is 16.7 Å². The van der Waals surface area contributed by atoms with Crippen molar-refractivity contribution in [1.29, 1.82) is 0 Å². The Morgan fingerprint density at radius 2 is 1.82 bits per heavy atom. The van der Waals surface area contributed by atoms with Gasteiger partial charge in [-0.3, -0.25) is 4.90 Å². The Kier molecular flexibility index (Phi) is 8.42. The number of anilines is 3. The fourth-order valence-electron chi connectivity index (χ4n) is 4.63. The van der Waals surface area contributed by atoms with Crippen molar-refractivity contribution in [2.45, 2.75) is 53.0 Å². The van der Waals surface area contributed by atoms with Crippen LogP contribution in [0.4, 0.5) is 17.5 Å². The van der Waals surface area contributed by atoms with Gasteiger partial charge >= 0.3 is 5.69 Å². The molecule has 0 aliphatic carbocycles. The summed E-state index contributed by atoms with van der Waals surface area (Å²) in [6.07, 6.45) is 6.19. The van der Waals surface area contributed by atoms with Crippen molar-refractivity contribution in [1.82, 2.24) is 24.4 Å². The summed E-state index contributed by atoms with van der Waals surface area (Å²) in [6.45, 7) is 9.34. The molecular weight excluding hydrogens is 482 g/mol. The number of nitrogens with two attached hydrogens (primary N) is 1. The molecular formula is C28H35N7O3. The normalized spacial score (nSPS) is 13.0. The number of nitrogens with zero attached hydrogens (tertiary/aromatic N) is 5. The van der Waals surface area contributed by atoms with Gasteiger partial charge in [0.25, 0.3) is 0 Å². The predicted molar refractivity (Wildman–Crippen MR) is 150 cm³/mol. The van der Waals surface area contributed by atoms with Gasteiger partial charge in [-0.25, -0.2) is 14.3 Å². The zero-order valence-corrected chi connectivity index (χ0v) is 22.1. The van der Waals surface area contributed by atoms with E-state index in [4.69, 9.17) is 5.73 Å². The van der Waals surface area contributed by atoms with Crippen LogP contribution >= 0.6 is 0 Å². The van der Waals surface area contributed by atoms with Gasteiger partial charge in [0.15, 0.2) is 5.65 Å². The quantitative estimate of drug-likeness (QED) is 0.261. The third kappa shape index (κ3) is 5.55. The van der Waals surface area contributed by atoms with E-state index in [1.54, 1.807) is 0 Å². The van der Waals surface area contributed by atoms with Crippen molar-refractivity contribution in [3.05, 3.63) is 64.2 Å². The molecule has 0 amide bonds. The van der Waals surface area contributed by atoms with Gasteiger partial charge in [-0.2, -0.15) is 9.97 Å². The number of phenols is 2. The summed E-state index contributed by atoms with van der Waals surface area (Å²) in [7, 11) is 0. The highest BCUT2D eigenvalue weighted by Gasteiger charge is 2.19. The molecule has 0 fully saturated rings. The number of unbranched alkanes of at least 4 members (excludes halogenated alkanes) is 2. The highest BCUT2D eigenvalue weighted by molar-refractivity contribution is 5.86. The zero-order chi connectivity index (χ0) is 27.2. The van der Waals surface area contributed by atoms with Gasteiger partial charge in [0.1, 0.15) is 23.0 Å². The number of aromatic nitrogens is 4. The first-order chi connectivity index (χ1) is 18.4. The highest BCUT2D eigenvalue weighted by Crippen LogP contribution is 2.32. The Morgan fingerprint density at radius 1 is 1.05 bits per heavy atom. The lowest BCUT2D eigenvalue weighted by Gasteiger charge is -2.29. The minimum absolute atomic E-state index is 0.0368. The summed E-state index contributed by atoms with van der Waals surface area (Å²) in [5.41, 5.74) is 8.90. The molecule has 4 aromatic rings. The monoisotopic (exact) mass is 517 g/mol. The number of rotatable bonds is 7. The maximum atomic E-state index is 12.8. The summed E-state index contributed by atoms with van der Waals surface area (Å²) < 4.78 is 0.944. The molecule has 5 N–H and O–H groups in total. The number of fused-ring (bicyclic) bond motifs is 2. The van der Waals surface area contributed by atoms with E-state index in [2.05, 4.69) is 44.2 Å². The van der Waals surface area contributed by atoms with E-state index in [1.165, 1.54) is 54.8 Å². The predicted octanol–water partition coefficient (Wildman–Crippen LogP) is 4.49. The first-order valence-corrected chi connectivity index (χ1v) is 13.1. The van der Waals surface area contributed by atoms with Crippen LogP contribution in [-0.4, -0.2) is 47.7 Å². The van der Waals surface area contributed by atoms with Crippen molar-refractivity contribution < 1.29 is 10.2 Å². The number of phenolic OH excluding ortho intramolecular Hbond substituents is 2. The largest absolute Gasteiger partial charge is 0.506 e. The SMILES string of the molecule is CC.CCCCCN1CCc2ccc(Nc3ncc4c(N)n(-c5c(O)cccc5O)c(=O)nc4n3)cc2C1. The molecule has 10 heteroatoms. The van der Waals surface area contributed by atoms with E-state index >= 15 is 0 Å². The van der Waals surface area contributed by atoms with Crippen molar-refractivity contribution in [2.24, 2.45) is 0 Å². The van der Waals surface area contributed by atoms with E-state index in [-0.39, 0.29) is 34.6 Å². The smallest absolute Gasteiger partial charge is 0.356 e. The molecule has 0 saturated heterocycles. The van der Waals surface area contributed by atoms with E-state index in [0.29, 0.717) is 5.39 Å². The van der Waals surface area contributed by atoms with Crippen LogP contribution in [0.2, 0.25) is 0 Å². The second-order valence-electron chi connectivity index (χ2n) is 9.03. The third-order valence-electron chi connectivity index (χ3n) is 6.53. The first-order valence-electron chi connectivity index (χ1n) is 13.1. The zero-order valence-electron chi connectivity index (χ0n) is 22.1. The molecule has 0 unspecified atom stereocenters. The fraction of sp³-hybridized carbons (Fsp3) is 0.357. The molecule has 5 rings (SSSR count). The Labute approximate surface area is 221 Å². The lowest BCUT2D eigenvalue weighted by Crippen LogP contribution is -2.31. The fourth-order valence-corrected chi connectivity index (χ4v) is 4.63. The van der Waals surface area contributed by atoms with Crippen LogP contribution in [-0.2, 0) is 13.0 Å². The Hall–Kier alpha value is -4.18. The van der Waals surface area contributed by atoms with Crippen molar-refractivity contribution >= 4 is 28.5 Å². The van der Waals surface area contributed by atoms with Gasteiger partial charge in [0.2, 0.25) is 5.95 Å². The number of benzene rings is 2. The van der Waals surface area contributed by atoms with Crippen LogP contribution in [0.1, 0.15) is 51.2 Å². The molecule has 0 saturated carbocycles. The molecule has 10 nitrogen and oxygen atoms in total.